The number of ether oxygens (including phenoxy) is 1. The molecule has 0 bridgehead atoms. The van der Waals surface area contributed by atoms with Crippen molar-refractivity contribution in [2.24, 2.45) is 11.3 Å². The Hall–Kier alpha value is -0.830. The number of fused-ring (bicyclic) bond motifs is 2. The second kappa shape index (κ2) is 9.99. The number of hydrogen-bond acceptors (Lipinski definition) is 2. The Bertz CT molecular complexity index is 310. The second-order valence-electron chi connectivity index (χ2n) is 5.10. The van der Waals surface area contributed by atoms with E-state index in [4.69, 9.17) is 4.74 Å². The van der Waals surface area contributed by atoms with Crippen LogP contribution in [-0.2, 0) is 9.53 Å². The summed E-state index contributed by atoms with van der Waals surface area (Å²) in [5.41, 5.74) is 0.403. The average Bonchev–Trinajstić information content (AvgIpc) is 3.12. The van der Waals surface area contributed by atoms with Crippen LogP contribution in [0, 0.1) is 11.3 Å². The van der Waals surface area contributed by atoms with Gasteiger partial charge in [0.1, 0.15) is 0 Å². The van der Waals surface area contributed by atoms with E-state index in [1.165, 1.54) is 25.3 Å². The number of amides is 1. The molecule has 1 amide bonds. The van der Waals surface area contributed by atoms with Gasteiger partial charge >= 0.3 is 0 Å². The van der Waals surface area contributed by atoms with E-state index in [1.54, 1.807) is 0 Å². The lowest BCUT2D eigenvalue weighted by Crippen LogP contribution is -2.39. The van der Waals surface area contributed by atoms with Crippen molar-refractivity contribution < 1.29 is 9.53 Å². The molecule has 3 heteroatoms. The minimum Gasteiger partial charge on any atom is -0.379 e. The molecule has 2 atom stereocenters. The van der Waals surface area contributed by atoms with Crippen LogP contribution in [0.1, 0.15) is 60.8 Å². The van der Waals surface area contributed by atoms with E-state index in [-0.39, 0.29) is 5.91 Å². The fourth-order valence-corrected chi connectivity index (χ4v) is 3.53. The zero-order valence-corrected chi connectivity index (χ0v) is 14.9. The molecule has 3 rings (SSSR count). The number of carbonyl (C=O) groups excluding carboxylic acids is 1. The molecule has 0 radical (unpaired) electrons. The van der Waals surface area contributed by atoms with Crippen LogP contribution in [0.3, 0.4) is 0 Å². The Labute approximate surface area is 131 Å². The highest BCUT2D eigenvalue weighted by atomic mass is 16.5. The first-order valence-corrected chi connectivity index (χ1v) is 8.78. The molecule has 1 spiro atoms. The van der Waals surface area contributed by atoms with Gasteiger partial charge in [0, 0.05) is 12.5 Å². The maximum Gasteiger partial charge on any atom is 0.246 e. The minimum absolute atomic E-state index is 0.0827. The summed E-state index contributed by atoms with van der Waals surface area (Å²) in [6.45, 7) is 18.1. The Kier molecular flexibility index (Phi) is 9.60. The fraction of sp³-hybridized carbons (Fsp3) is 0.833. The van der Waals surface area contributed by atoms with Gasteiger partial charge in [0.25, 0.3) is 0 Å². The second-order valence-corrected chi connectivity index (χ2v) is 5.10. The molecule has 0 N–H and O–H groups in total. The summed E-state index contributed by atoms with van der Waals surface area (Å²) in [5.74, 6) is 0.675. The van der Waals surface area contributed by atoms with Crippen LogP contribution in [0.15, 0.2) is 12.7 Å². The molecular formula is C18H35NO2. The number of rotatable bonds is 1. The summed E-state index contributed by atoms with van der Waals surface area (Å²) in [6.07, 6.45) is 5.31. The monoisotopic (exact) mass is 297 g/mol. The molecule has 21 heavy (non-hydrogen) atoms. The van der Waals surface area contributed by atoms with E-state index in [9.17, 15) is 4.79 Å². The van der Waals surface area contributed by atoms with Gasteiger partial charge in [-0.3, -0.25) is 4.79 Å². The van der Waals surface area contributed by atoms with Crippen molar-refractivity contribution in [3.8, 4) is 0 Å². The summed E-state index contributed by atoms with van der Waals surface area (Å²) in [4.78, 5) is 13.7. The first-order valence-electron chi connectivity index (χ1n) is 8.78. The van der Waals surface area contributed by atoms with Crippen LogP contribution in [0.25, 0.3) is 0 Å². The van der Waals surface area contributed by atoms with Gasteiger partial charge in [0.2, 0.25) is 5.91 Å². The number of carbonyl (C=O) groups is 1. The lowest BCUT2D eigenvalue weighted by atomic mass is 9.62. The third-order valence-electron chi connectivity index (χ3n) is 4.53. The number of nitrogens with zero attached hydrogens (tertiary/aromatic N) is 1. The summed E-state index contributed by atoms with van der Waals surface area (Å²) in [6, 6.07) is 0.329. The summed E-state index contributed by atoms with van der Waals surface area (Å²) in [5, 5.41) is 0. The SMILES string of the molecule is C=CC(=O)N1CC2(CCC2)C2COCC21.CC.CC.CC. The summed E-state index contributed by atoms with van der Waals surface area (Å²) in [7, 11) is 0. The molecule has 1 saturated carbocycles. The van der Waals surface area contributed by atoms with Gasteiger partial charge in [0.15, 0.2) is 0 Å². The Morgan fingerprint density at radius 3 is 2.14 bits per heavy atom. The van der Waals surface area contributed by atoms with Gasteiger partial charge in [0.05, 0.1) is 19.3 Å². The Morgan fingerprint density at radius 1 is 1.14 bits per heavy atom. The molecule has 0 aromatic carbocycles. The lowest BCUT2D eigenvalue weighted by Gasteiger charge is -2.41. The van der Waals surface area contributed by atoms with E-state index in [0.29, 0.717) is 17.4 Å². The molecule has 1 aliphatic carbocycles. The minimum atomic E-state index is 0.0827. The van der Waals surface area contributed by atoms with Crippen LogP contribution in [-0.4, -0.2) is 36.6 Å². The van der Waals surface area contributed by atoms with Crippen LogP contribution >= 0.6 is 0 Å². The first-order chi connectivity index (χ1) is 10.3. The van der Waals surface area contributed by atoms with Gasteiger partial charge in [-0.25, -0.2) is 0 Å². The standard InChI is InChI=1S/C12H17NO2.3C2H6/c1-2-11(14)13-8-12(4-3-5-12)9-6-15-7-10(9)13;3*1-2/h2,9-10H,1,3-8H2;3*1-2H3. The highest BCUT2D eigenvalue weighted by molar-refractivity contribution is 5.87. The molecule has 3 nitrogen and oxygen atoms in total. The van der Waals surface area contributed by atoms with Crippen molar-refractivity contribution in [1.29, 1.82) is 0 Å². The van der Waals surface area contributed by atoms with E-state index < -0.39 is 0 Å². The van der Waals surface area contributed by atoms with E-state index >= 15 is 0 Å². The molecule has 2 heterocycles. The maximum absolute atomic E-state index is 11.7. The number of hydrogen-bond donors (Lipinski definition) is 0. The normalized spacial score (nSPS) is 26.9. The Morgan fingerprint density at radius 2 is 1.71 bits per heavy atom. The number of likely N-dealkylation sites (tertiary alicyclic amines) is 1. The van der Waals surface area contributed by atoms with Gasteiger partial charge in [-0.2, -0.15) is 0 Å². The van der Waals surface area contributed by atoms with Crippen LogP contribution in [0.2, 0.25) is 0 Å². The predicted molar refractivity (Wildman–Crippen MR) is 90.3 cm³/mol. The van der Waals surface area contributed by atoms with Crippen molar-refractivity contribution in [3.05, 3.63) is 12.7 Å². The van der Waals surface area contributed by atoms with Gasteiger partial charge < -0.3 is 9.64 Å². The summed E-state index contributed by atoms with van der Waals surface area (Å²) < 4.78 is 5.54. The van der Waals surface area contributed by atoms with E-state index in [1.807, 2.05) is 46.4 Å². The third-order valence-corrected chi connectivity index (χ3v) is 4.53. The Balaban J connectivity index is 0.000000598. The summed E-state index contributed by atoms with van der Waals surface area (Å²) >= 11 is 0. The van der Waals surface area contributed by atoms with Crippen molar-refractivity contribution in [2.45, 2.75) is 66.8 Å². The zero-order valence-electron chi connectivity index (χ0n) is 14.9. The average molecular weight is 297 g/mol. The van der Waals surface area contributed by atoms with Gasteiger partial charge in [-0.15, -0.1) is 0 Å². The smallest absolute Gasteiger partial charge is 0.246 e. The predicted octanol–water partition coefficient (Wildman–Crippen LogP) is 4.28. The van der Waals surface area contributed by atoms with Crippen molar-refractivity contribution in [1.82, 2.24) is 4.90 Å². The van der Waals surface area contributed by atoms with Crippen LogP contribution in [0.5, 0.6) is 0 Å². The van der Waals surface area contributed by atoms with Crippen molar-refractivity contribution in [3.63, 3.8) is 0 Å². The van der Waals surface area contributed by atoms with Gasteiger partial charge in [-0.05, 0) is 24.3 Å². The van der Waals surface area contributed by atoms with Crippen LogP contribution < -0.4 is 0 Å². The molecule has 2 aliphatic heterocycles. The molecule has 124 valence electrons. The molecule has 2 saturated heterocycles. The lowest BCUT2D eigenvalue weighted by molar-refractivity contribution is -0.127. The van der Waals surface area contributed by atoms with Crippen LogP contribution in [0.4, 0.5) is 0 Å². The molecule has 3 aliphatic rings. The molecule has 2 unspecified atom stereocenters. The van der Waals surface area contributed by atoms with E-state index in [2.05, 4.69) is 6.58 Å². The van der Waals surface area contributed by atoms with Crippen molar-refractivity contribution >= 4 is 5.91 Å². The third kappa shape index (κ3) is 3.88. The molecular weight excluding hydrogens is 262 g/mol. The topological polar surface area (TPSA) is 29.5 Å². The molecule has 0 aromatic rings. The zero-order chi connectivity index (χ0) is 16.5. The highest BCUT2D eigenvalue weighted by Crippen LogP contribution is 2.55. The first kappa shape index (κ1) is 20.2. The highest BCUT2D eigenvalue weighted by Gasteiger charge is 2.58. The maximum atomic E-state index is 11.7. The van der Waals surface area contributed by atoms with Gasteiger partial charge in [-0.1, -0.05) is 54.5 Å². The molecule has 0 aromatic heterocycles. The van der Waals surface area contributed by atoms with E-state index in [0.717, 1.165) is 19.8 Å². The van der Waals surface area contributed by atoms with Crippen molar-refractivity contribution in [2.75, 3.05) is 19.8 Å². The fourth-order valence-electron chi connectivity index (χ4n) is 3.53. The molecule has 3 fully saturated rings. The largest absolute Gasteiger partial charge is 0.379 e. The quantitative estimate of drug-likeness (QED) is 0.676.